The number of anilines is 2. The second kappa shape index (κ2) is 11.0. The van der Waals surface area contributed by atoms with Gasteiger partial charge in [-0.3, -0.25) is 9.52 Å². The molecule has 3 aromatic carbocycles. The van der Waals surface area contributed by atoms with Gasteiger partial charge in [0.2, 0.25) is 0 Å². The number of hydrogen-bond donors (Lipinski definition) is 2. The summed E-state index contributed by atoms with van der Waals surface area (Å²) in [6, 6.07) is 15.1. The lowest BCUT2D eigenvalue weighted by atomic mass is 10.3. The van der Waals surface area contributed by atoms with E-state index in [9.17, 15) is 13.2 Å². The third-order valence-electron chi connectivity index (χ3n) is 4.21. The number of halogens is 3. The minimum atomic E-state index is -3.80. The fraction of sp³-hybridized carbons (Fsp3) is 0.136. The molecule has 0 aliphatic heterocycles. The molecular formula is C22H19Cl3N2O5S. The van der Waals surface area contributed by atoms with Gasteiger partial charge >= 0.3 is 0 Å². The van der Waals surface area contributed by atoms with Crippen molar-refractivity contribution in [1.29, 1.82) is 0 Å². The summed E-state index contributed by atoms with van der Waals surface area (Å²) in [5.41, 5.74) is 0.692. The molecule has 0 saturated carbocycles. The van der Waals surface area contributed by atoms with E-state index in [4.69, 9.17) is 44.3 Å². The molecule has 0 bridgehead atoms. The highest BCUT2D eigenvalue weighted by molar-refractivity contribution is 7.92. The van der Waals surface area contributed by atoms with Crippen LogP contribution in [0.2, 0.25) is 15.1 Å². The van der Waals surface area contributed by atoms with Crippen LogP contribution in [-0.4, -0.2) is 27.5 Å². The van der Waals surface area contributed by atoms with Crippen LogP contribution >= 0.6 is 34.8 Å². The molecule has 0 fully saturated rings. The monoisotopic (exact) mass is 528 g/mol. The van der Waals surface area contributed by atoms with Gasteiger partial charge in [0, 0.05) is 5.69 Å². The Morgan fingerprint density at radius 2 is 1.42 bits per heavy atom. The highest BCUT2D eigenvalue weighted by atomic mass is 35.5. The van der Waals surface area contributed by atoms with Gasteiger partial charge in [-0.2, -0.15) is 0 Å². The Kier molecular flexibility index (Phi) is 8.31. The van der Waals surface area contributed by atoms with Crippen molar-refractivity contribution in [1.82, 2.24) is 0 Å². The number of benzene rings is 3. The average molecular weight is 530 g/mol. The van der Waals surface area contributed by atoms with Crippen LogP contribution < -0.4 is 19.5 Å². The summed E-state index contributed by atoms with van der Waals surface area (Å²) in [4.78, 5) is 12.2. The van der Waals surface area contributed by atoms with E-state index in [1.165, 1.54) is 36.4 Å². The van der Waals surface area contributed by atoms with Crippen molar-refractivity contribution in [2.45, 2.75) is 11.8 Å². The van der Waals surface area contributed by atoms with Crippen LogP contribution in [0, 0.1) is 0 Å². The van der Waals surface area contributed by atoms with Crippen LogP contribution in [0.25, 0.3) is 0 Å². The normalized spacial score (nSPS) is 11.0. The molecule has 1 amide bonds. The van der Waals surface area contributed by atoms with E-state index in [1.54, 1.807) is 24.3 Å². The molecule has 3 aromatic rings. The Bertz CT molecular complexity index is 1230. The lowest BCUT2D eigenvalue weighted by Gasteiger charge is -2.11. The van der Waals surface area contributed by atoms with Crippen molar-refractivity contribution in [3.05, 3.63) is 75.7 Å². The van der Waals surface area contributed by atoms with Gasteiger partial charge in [0.15, 0.2) is 6.61 Å². The van der Waals surface area contributed by atoms with Gasteiger partial charge in [0.25, 0.3) is 15.9 Å². The zero-order valence-corrected chi connectivity index (χ0v) is 20.4. The van der Waals surface area contributed by atoms with Gasteiger partial charge in [0.1, 0.15) is 11.5 Å². The van der Waals surface area contributed by atoms with Crippen LogP contribution in [0.5, 0.6) is 11.5 Å². The molecule has 0 aliphatic carbocycles. The quantitative estimate of drug-likeness (QED) is 0.338. The Hall–Kier alpha value is -2.65. The third-order valence-corrected chi connectivity index (χ3v) is 6.64. The molecule has 0 aromatic heterocycles. The summed E-state index contributed by atoms with van der Waals surface area (Å²) >= 11 is 17.8. The Labute approximate surface area is 206 Å². The molecule has 0 spiro atoms. The van der Waals surface area contributed by atoms with Crippen LogP contribution in [0.15, 0.2) is 65.6 Å². The second-order valence-corrected chi connectivity index (χ2v) is 9.52. The van der Waals surface area contributed by atoms with Crippen LogP contribution in [0.3, 0.4) is 0 Å². The number of ether oxygens (including phenoxy) is 2. The molecule has 33 heavy (non-hydrogen) atoms. The largest absolute Gasteiger partial charge is 0.494 e. The first-order chi connectivity index (χ1) is 15.7. The molecule has 3 rings (SSSR count). The molecule has 2 N–H and O–H groups in total. The first kappa shape index (κ1) is 25.0. The minimum Gasteiger partial charge on any atom is -0.494 e. The number of carbonyl (C=O) groups excluding carboxylic acids is 1. The van der Waals surface area contributed by atoms with Crippen molar-refractivity contribution in [3.8, 4) is 11.5 Å². The summed E-state index contributed by atoms with van der Waals surface area (Å²) in [7, 11) is -3.80. The average Bonchev–Trinajstić information content (AvgIpc) is 2.78. The van der Waals surface area contributed by atoms with Crippen molar-refractivity contribution in [2.24, 2.45) is 0 Å². The Morgan fingerprint density at radius 1 is 0.848 bits per heavy atom. The highest BCUT2D eigenvalue weighted by Crippen LogP contribution is 2.32. The fourth-order valence-electron chi connectivity index (χ4n) is 2.67. The van der Waals surface area contributed by atoms with Gasteiger partial charge in [-0.05, 0) is 67.6 Å². The minimum absolute atomic E-state index is 0.0378. The molecule has 7 nitrogen and oxygen atoms in total. The van der Waals surface area contributed by atoms with Crippen molar-refractivity contribution >= 4 is 62.1 Å². The van der Waals surface area contributed by atoms with Gasteiger partial charge < -0.3 is 14.8 Å². The first-order valence-corrected chi connectivity index (χ1v) is 12.2. The second-order valence-electron chi connectivity index (χ2n) is 6.62. The van der Waals surface area contributed by atoms with E-state index < -0.39 is 15.9 Å². The Balaban J connectivity index is 1.58. The van der Waals surface area contributed by atoms with E-state index in [1.807, 2.05) is 6.92 Å². The Morgan fingerprint density at radius 3 is 2.06 bits per heavy atom. The van der Waals surface area contributed by atoms with Crippen molar-refractivity contribution in [2.75, 3.05) is 23.3 Å². The van der Waals surface area contributed by atoms with E-state index >= 15 is 0 Å². The summed E-state index contributed by atoms with van der Waals surface area (Å²) in [6.07, 6.45) is 0. The third kappa shape index (κ3) is 6.91. The molecule has 174 valence electrons. The van der Waals surface area contributed by atoms with Gasteiger partial charge in [-0.1, -0.05) is 34.8 Å². The standard InChI is InChI=1S/C22H19Cl3N2O5S/c1-2-31-15-5-3-14(4-6-15)27-33(29,30)17-9-7-16(8-10-17)32-13-22(28)26-21-12-19(24)18(23)11-20(21)25/h3-12,27H,2,13H2,1H3,(H,26,28). The maximum absolute atomic E-state index is 12.6. The van der Waals surface area contributed by atoms with E-state index in [0.29, 0.717) is 29.5 Å². The smallest absolute Gasteiger partial charge is 0.262 e. The fourth-order valence-corrected chi connectivity index (χ4v) is 4.32. The van der Waals surface area contributed by atoms with Crippen LogP contribution in [-0.2, 0) is 14.8 Å². The topological polar surface area (TPSA) is 93.7 Å². The van der Waals surface area contributed by atoms with Crippen LogP contribution in [0.1, 0.15) is 6.92 Å². The predicted octanol–water partition coefficient (Wildman–Crippen LogP) is 5.86. The maximum Gasteiger partial charge on any atom is 0.262 e. The first-order valence-electron chi connectivity index (χ1n) is 9.61. The number of rotatable bonds is 9. The molecule has 0 aliphatic rings. The highest BCUT2D eigenvalue weighted by Gasteiger charge is 2.15. The molecule has 0 radical (unpaired) electrons. The SMILES string of the molecule is CCOc1ccc(NS(=O)(=O)c2ccc(OCC(=O)Nc3cc(Cl)c(Cl)cc3Cl)cc2)cc1. The summed E-state index contributed by atoms with van der Waals surface area (Å²) in [5.74, 6) is 0.474. The van der Waals surface area contributed by atoms with Gasteiger partial charge in [-0.15, -0.1) is 0 Å². The predicted molar refractivity (Wildman–Crippen MR) is 130 cm³/mol. The van der Waals surface area contributed by atoms with Gasteiger partial charge in [0.05, 0.1) is 32.3 Å². The molecule has 0 unspecified atom stereocenters. The van der Waals surface area contributed by atoms with E-state index in [2.05, 4.69) is 10.0 Å². The van der Waals surface area contributed by atoms with Gasteiger partial charge in [-0.25, -0.2) is 8.42 Å². The van der Waals surface area contributed by atoms with Crippen molar-refractivity contribution < 1.29 is 22.7 Å². The molecule has 0 atom stereocenters. The van der Waals surface area contributed by atoms with E-state index in [-0.39, 0.29) is 26.6 Å². The zero-order chi connectivity index (χ0) is 24.0. The lowest BCUT2D eigenvalue weighted by molar-refractivity contribution is -0.118. The zero-order valence-electron chi connectivity index (χ0n) is 17.3. The van der Waals surface area contributed by atoms with Crippen molar-refractivity contribution in [3.63, 3.8) is 0 Å². The molecular weight excluding hydrogens is 511 g/mol. The molecule has 0 heterocycles. The van der Waals surface area contributed by atoms with Crippen LogP contribution in [0.4, 0.5) is 11.4 Å². The summed E-state index contributed by atoms with van der Waals surface area (Å²) in [5, 5.41) is 3.31. The number of amides is 1. The maximum atomic E-state index is 12.6. The summed E-state index contributed by atoms with van der Waals surface area (Å²) in [6.45, 7) is 2.05. The number of hydrogen-bond acceptors (Lipinski definition) is 5. The molecule has 0 saturated heterocycles. The van der Waals surface area contributed by atoms with E-state index in [0.717, 1.165) is 0 Å². The number of sulfonamides is 1. The number of carbonyl (C=O) groups is 1. The molecule has 11 heteroatoms. The lowest BCUT2D eigenvalue weighted by Crippen LogP contribution is -2.20. The summed E-state index contributed by atoms with van der Waals surface area (Å²) < 4.78 is 38.4. The number of nitrogens with one attached hydrogen (secondary N) is 2.